The molecule has 1 saturated carbocycles. The minimum atomic E-state index is 0.312. The molecule has 1 fully saturated rings. The Kier molecular flexibility index (Phi) is 4.66. The molecule has 0 saturated heterocycles. The molecular formula is C16H21N5O2. The highest BCUT2D eigenvalue weighted by atomic mass is 16.5. The Balaban J connectivity index is 1.78. The Hall–Kier alpha value is -2.28. The van der Waals surface area contributed by atoms with Gasteiger partial charge in [0.2, 0.25) is 5.82 Å². The average molecular weight is 315 g/mol. The lowest BCUT2D eigenvalue weighted by Crippen LogP contribution is -2.03. The normalized spacial score (nSPS) is 18.2. The highest BCUT2D eigenvalue weighted by Gasteiger charge is 2.16. The fourth-order valence-corrected chi connectivity index (χ4v) is 2.66. The van der Waals surface area contributed by atoms with E-state index in [1.807, 2.05) is 6.08 Å². The van der Waals surface area contributed by atoms with Gasteiger partial charge in [0.25, 0.3) is 5.89 Å². The molecule has 3 rings (SSSR count). The van der Waals surface area contributed by atoms with Crippen molar-refractivity contribution in [1.82, 2.24) is 20.1 Å². The van der Waals surface area contributed by atoms with Crippen molar-refractivity contribution in [3.63, 3.8) is 0 Å². The van der Waals surface area contributed by atoms with E-state index in [1.165, 1.54) is 18.4 Å². The monoisotopic (exact) mass is 315 g/mol. The molecule has 1 aliphatic carbocycles. The van der Waals surface area contributed by atoms with E-state index in [9.17, 15) is 0 Å². The minimum absolute atomic E-state index is 0.312. The number of ether oxygens (including phenoxy) is 1. The van der Waals surface area contributed by atoms with Crippen LogP contribution in [-0.2, 0) is 11.3 Å². The Morgan fingerprint density at radius 2 is 2.13 bits per heavy atom. The predicted octanol–water partition coefficient (Wildman–Crippen LogP) is 2.85. The van der Waals surface area contributed by atoms with Gasteiger partial charge in [-0.15, -0.1) is 0 Å². The Labute approximate surface area is 135 Å². The molecule has 0 bridgehead atoms. The van der Waals surface area contributed by atoms with Crippen molar-refractivity contribution in [1.29, 1.82) is 0 Å². The van der Waals surface area contributed by atoms with Crippen LogP contribution >= 0.6 is 0 Å². The van der Waals surface area contributed by atoms with Gasteiger partial charge < -0.3 is 15.0 Å². The molecular weight excluding hydrogens is 294 g/mol. The molecule has 2 aromatic heterocycles. The quantitative estimate of drug-likeness (QED) is 0.925. The van der Waals surface area contributed by atoms with E-state index < -0.39 is 0 Å². The summed E-state index contributed by atoms with van der Waals surface area (Å²) in [4.78, 5) is 12.7. The van der Waals surface area contributed by atoms with Crippen molar-refractivity contribution in [2.24, 2.45) is 5.92 Å². The zero-order valence-electron chi connectivity index (χ0n) is 13.5. The zero-order chi connectivity index (χ0) is 16.2. The number of hydrogen-bond acceptors (Lipinski definition) is 7. The van der Waals surface area contributed by atoms with Gasteiger partial charge in [0.05, 0.1) is 5.56 Å². The number of allylic oxidation sites excluding steroid dienone is 1. The third-order valence-corrected chi connectivity index (χ3v) is 4.07. The molecule has 7 heteroatoms. The lowest BCUT2D eigenvalue weighted by molar-refractivity contribution is 0.178. The SMILES string of the molecule is COCc1ncc(-c2noc(C=C3CCC(C)CC3)n2)c(N)n1. The van der Waals surface area contributed by atoms with Gasteiger partial charge in [0, 0.05) is 19.4 Å². The number of nitrogens with zero attached hydrogens (tertiary/aromatic N) is 4. The first kappa shape index (κ1) is 15.6. The lowest BCUT2D eigenvalue weighted by atomic mass is 9.87. The molecule has 0 aliphatic heterocycles. The topological polar surface area (TPSA) is 100.0 Å². The molecule has 0 radical (unpaired) electrons. The van der Waals surface area contributed by atoms with Gasteiger partial charge in [0.1, 0.15) is 12.4 Å². The first-order valence-corrected chi connectivity index (χ1v) is 7.79. The first-order valence-electron chi connectivity index (χ1n) is 7.79. The third kappa shape index (κ3) is 3.73. The maximum Gasteiger partial charge on any atom is 0.250 e. The van der Waals surface area contributed by atoms with Crippen molar-refractivity contribution in [3.05, 3.63) is 23.5 Å². The van der Waals surface area contributed by atoms with Crippen LogP contribution in [0.15, 0.2) is 16.3 Å². The highest BCUT2D eigenvalue weighted by Crippen LogP contribution is 2.29. The fourth-order valence-electron chi connectivity index (χ4n) is 2.66. The maximum atomic E-state index is 5.95. The highest BCUT2D eigenvalue weighted by molar-refractivity contribution is 5.67. The average Bonchev–Trinajstić information content (AvgIpc) is 2.98. The van der Waals surface area contributed by atoms with Crippen molar-refractivity contribution in [2.45, 2.75) is 39.2 Å². The summed E-state index contributed by atoms with van der Waals surface area (Å²) in [5.74, 6) is 2.55. The van der Waals surface area contributed by atoms with E-state index in [1.54, 1.807) is 13.3 Å². The molecule has 1 aliphatic rings. The smallest absolute Gasteiger partial charge is 0.250 e. The summed E-state index contributed by atoms with van der Waals surface area (Å²) in [7, 11) is 1.58. The van der Waals surface area contributed by atoms with Crippen molar-refractivity contribution < 1.29 is 9.26 Å². The molecule has 7 nitrogen and oxygen atoms in total. The van der Waals surface area contributed by atoms with Crippen molar-refractivity contribution in [2.75, 3.05) is 12.8 Å². The molecule has 2 aromatic rings. The van der Waals surface area contributed by atoms with Crippen LogP contribution < -0.4 is 5.73 Å². The van der Waals surface area contributed by atoms with Gasteiger partial charge >= 0.3 is 0 Å². The third-order valence-electron chi connectivity index (χ3n) is 4.07. The van der Waals surface area contributed by atoms with E-state index in [-0.39, 0.29) is 0 Å². The summed E-state index contributed by atoms with van der Waals surface area (Å²) in [6.07, 6.45) is 8.20. The number of anilines is 1. The molecule has 0 atom stereocenters. The van der Waals surface area contributed by atoms with Crippen LogP contribution in [-0.4, -0.2) is 27.2 Å². The summed E-state index contributed by atoms with van der Waals surface area (Å²) in [6.45, 7) is 2.60. The van der Waals surface area contributed by atoms with Gasteiger partial charge in [-0.2, -0.15) is 4.98 Å². The Morgan fingerprint density at radius 1 is 1.35 bits per heavy atom. The molecule has 23 heavy (non-hydrogen) atoms. The summed E-state index contributed by atoms with van der Waals surface area (Å²) in [6, 6.07) is 0. The second kappa shape index (κ2) is 6.87. The van der Waals surface area contributed by atoms with E-state index in [0.717, 1.165) is 18.8 Å². The molecule has 122 valence electrons. The molecule has 0 aromatic carbocycles. The van der Waals surface area contributed by atoms with Gasteiger partial charge in [-0.3, -0.25) is 0 Å². The predicted molar refractivity (Wildman–Crippen MR) is 86.1 cm³/mol. The van der Waals surface area contributed by atoms with Crippen LogP contribution in [0.4, 0.5) is 5.82 Å². The zero-order valence-corrected chi connectivity index (χ0v) is 13.5. The second-order valence-electron chi connectivity index (χ2n) is 5.96. The number of methoxy groups -OCH3 is 1. The maximum absolute atomic E-state index is 5.95. The van der Waals surface area contributed by atoms with Gasteiger partial charge in [-0.05, 0) is 31.6 Å². The van der Waals surface area contributed by atoms with Crippen LogP contribution in [0, 0.1) is 5.92 Å². The van der Waals surface area contributed by atoms with E-state index >= 15 is 0 Å². The largest absolute Gasteiger partial charge is 0.383 e. The lowest BCUT2D eigenvalue weighted by Gasteiger charge is -2.19. The van der Waals surface area contributed by atoms with Gasteiger partial charge in [-0.1, -0.05) is 17.7 Å². The van der Waals surface area contributed by atoms with Gasteiger partial charge in [-0.25, -0.2) is 9.97 Å². The molecule has 0 spiro atoms. The summed E-state index contributed by atoms with van der Waals surface area (Å²) >= 11 is 0. The van der Waals surface area contributed by atoms with Crippen molar-refractivity contribution in [3.8, 4) is 11.4 Å². The van der Waals surface area contributed by atoms with Crippen LogP contribution in [0.5, 0.6) is 0 Å². The van der Waals surface area contributed by atoms with E-state index in [2.05, 4.69) is 27.0 Å². The van der Waals surface area contributed by atoms with Crippen LogP contribution in [0.3, 0.4) is 0 Å². The first-order chi connectivity index (χ1) is 11.2. The molecule has 2 heterocycles. The molecule has 0 unspecified atom stereocenters. The summed E-state index contributed by atoms with van der Waals surface area (Å²) < 4.78 is 10.3. The minimum Gasteiger partial charge on any atom is -0.383 e. The Bertz CT molecular complexity index is 700. The number of nitrogens with two attached hydrogens (primary N) is 1. The standard InChI is InChI=1S/C16H21N5O2/c1-10-3-5-11(6-4-10)7-14-20-16(21-23-14)12-8-18-13(9-22-2)19-15(12)17/h7-8,10H,3-6,9H2,1-2H3,(H2,17,18,19). The van der Waals surface area contributed by atoms with Crippen molar-refractivity contribution >= 4 is 11.9 Å². The number of aromatic nitrogens is 4. The van der Waals surface area contributed by atoms with Crippen LogP contribution in [0.1, 0.15) is 44.3 Å². The number of nitrogen functional groups attached to an aromatic ring is 1. The number of hydrogen-bond donors (Lipinski definition) is 1. The molecule has 0 amide bonds. The second-order valence-corrected chi connectivity index (χ2v) is 5.96. The van der Waals surface area contributed by atoms with Crippen LogP contribution in [0.25, 0.3) is 17.5 Å². The van der Waals surface area contributed by atoms with Crippen LogP contribution in [0.2, 0.25) is 0 Å². The van der Waals surface area contributed by atoms with Gasteiger partial charge in [0.15, 0.2) is 5.82 Å². The Morgan fingerprint density at radius 3 is 2.83 bits per heavy atom. The van der Waals surface area contributed by atoms with E-state index in [0.29, 0.717) is 35.5 Å². The summed E-state index contributed by atoms with van der Waals surface area (Å²) in [5.41, 5.74) is 7.87. The number of rotatable bonds is 4. The summed E-state index contributed by atoms with van der Waals surface area (Å²) in [5, 5.41) is 3.98. The fraction of sp³-hybridized carbons (Fsp3) is 0.500. The van der Waals surface area contributed by atoms with E-state index in [4.69, 9.17) is 15.0 Å². The molecule has 2 N–H and O–H groups in total.